The SMILES string of the molecule is CCNCC(Cc1cc(Cl)ccc1F)c1cccc(Br)c1. The van der Waals surface area contributed by atoms with Crippen LogP contribution in [0.15, 0.2) is 46.9 Å². The van der Waals surface area contributed by atoms with Crippen LogP contribution in [0, 0.1) is 5.82 Å². The molecule has 0 saturated heterocycles. The Hall–Kier alpha value is -0.900. The van der Waals surface area contributed by atoms with E-state index in [-0.39, 0.29) is 11.7 Å². The van der Waals surface area contributed by atoms with Gasteiger partial charge >= 0.3 is 0 Å². The molecular weight excluding hydrogens is 353 g/mol. The molecule has 0 heterocycles. The fourth-order valence-electron chi connectivity index (χ4n) is 2.35. The number of hydrogen-bond donors (Lipinski definition) is 1. The third-order valence-electron chi connectivity index (χ3n) is 3.43. The molecule has 0 aliphatic heterocycles. The number of halogens is 3. The van der Waals surface area contributed by atoms with Crippen molar-refractivity contribution in [1.29, 1.82) is 0 Å². The monoisotopic (exact) mass is 369 g/mol. The Balaban J connectivity index is 2.25. The summed E-state index contributed by atoms with van der Waals surface area (Å²) in [5, 5.41) is 3.92. The van der Waals surface area contributed by atoms with Gasteiger partial charge in [0.25, 0.3) is 0 Å². The van der Waals surface area contributed by atoms with Gasteiger partial charge in [0.2, 0.25) is 0 Å². The van der Waals surface area contributed by atoms with E-state index in [4.69, 9.17) is 11.6 Å². The van der Waals surface area contributed by atoms with Crippen LogP contribution in [0.5, 0.6) is 0 Å². The van der Waals surface area contributed by atoms with Gasteiger partial charge < -0.3 is 5.32 Å². The van der Waals surface area contributed by atoms with Gasteiger partial charge in [-0.1, -0.05) is 46.6 Å². The van der Waals surface area contributed by atoms with Crippen LogP contribution >= 0.6 is 27.5 Å². The molecule has 1 N–H and O–H groups in total. The molecule has 0 spiro atoms. The zero-order valence-corrected chi connectivity index (χ0v) is 14.2. The lowest BCUT2D eigenvalue weighted by molar-refractivity contribution is 0.562. The van der Waals surface area contributed by atoms with Crippen molar-refractivity contribution in [3.63, 3.8) is 0 Å². The summed E-state index contributed by atoms with van der Waals surface area (Å²) in [6.45, 7) is 3.76. The second-order valence-corrected chi connectivity index (χ2v) is 6.35. The average Bonchev–Trinajstić information content (AvgIpc) is 2.47. The lowest BCUT2D eigenvalue weighted by Crippen LogP contribution is -2.23. The number of likely N-dealkylation sites (N-methyl/N-ethyl adjacent to an activating group) is 1. The smallest absolute Gasteiger partial charge is 0.126 e. The van der Waals surface area contributed by atoms with Gasteiger partial charge in [-0.05, 0) is 54.4 Å². The van der Waals surface area contributed by atoms with E-state index in [9.17, 15) is 4.39 Å². The molecule has 2 aromatic carbocycles. The van der Waals surface area contributed by atoms with Crippen molar-refractivity contribution in [2.75, 3.05) is 13.1 Å². The van der Waals surface area contributed by atoms with E-state index in [2.05, 4.69) is 40.3 Å². The summed E-state index contributed by atoms with van der Waals surface area (Å²) in [7, 11) is 0. The number of hydrogen-bond acceptors (Lipinski definition) is 1. The highest BCUT2D eigenvalue weighted by atomic mass is 79.9. The molecule has 0 aliphatic carbocycles. The van der Waals surface area contributed by atoms with Crippen LogP contribution in [-0.4, -0.2) is 13.1 Å². The molecule has 112 valence electrons. The predicted molar refractivity (Wildman–Crippen MR) is 90.5 cm³/mol. The molecule has 0 amide bonds. The first kappa shape index (κ1) is 16.5. The number of rotatable bonds is 6. The lowest BCUT2D eigenvalue weighted by atomic mass is 9.91. The first-order valence-corrected chi connectivity index (χ1v) is 8.17. The van der Waals surface area contributed by atoms with Crippen molar-refractivity contribution in [3.05, 3.63) is 68.9 Å². The summed E-state index contributed by atoms with van der Waals surface area (Å²) < 4.78 is 15.0. The van der Waals surface area contributed by atoms with E-state index in [1.54, 1.807) is 12.1 Å². The van der Waals surface area contributed by atoms with Crippen LogP contribution in [0.25, 0.3) is 0 Å². The van der Waals surface area contributed by atoms with Crippen LogP contribution in [0.3, 0.4) is 0 Å². The van der Waals surface area contributed by atoms with Crippen molar-refractivity contribution >= 4 is 27.5 Å². The highest BCUT2D eigenvalue weighted by Gasteiger charge is 2.15. The molecule has 0 saturated carbocycles. The Labute approximate surface area is 138 Å². The standard InChI is InChI=1S/C17H18BrClFN/c1-2-21-11-14(12-4-3-5-15(18)9-12)8-13-10-16(19)6-7-17(13)20/h3-7,9-10,14,21H,2,8,11H2,1H3. The molecule has 1 atom stereocenters. The van der Waals surface area contributed by atoms with E-state index < -0.39 is 0 Å². The Kier molecular flexibility index (Phi) is 6.22. The molecule has 0 aliphatic rings. The van der Waals surface area contributed by atoms with Gasteiger partial charge in [0, 0.05) is 22.0 Å². The van der Waals surface area contributed by atoms with Gasteiger partial charge in [0.15, 0.2) is 0 Å². The van der Waals surface area contributed by atoms with Crippen LogP contribution in [0.1, 0.15) is 24.0 Å². The summed E-state index contributed by atoms with van der Waals surface area (Å²) in [5.41, 5.74) is 1.84. The highest BCUT2D eigenvalue weighted by molar-refractivity contribution is 9.10. The Morgan fingerprint density at radius 1 is 1.24 bits per heavy atom. The average molecular weight is 371 g/mol. The zero-order valence-electron chi connectivity index (χ0n) is 11.9. The molecule has 0 aromatic heterocycles. The van der Waals surface area contributed by atoms with Crippen LogP contribution < -0.4 is 5.32 Å². The first-order chi connectivity index (χ1) is 10.1. The minimum atomic E-state index is -0.198. The topological polar surface area (TPSA) is 12.0 Å². The van der Waals surface area contributed by atoms with E-state index in [0.29, 0.717) is 17.0 Å². The van der Waals surface area contributed by atoms with Crippen molar-refractivity contribution in [1.82, 2.24) is 5.32 Å². The first-order valence-electron chi connectivity index (χ1n) is 7.00. The maximum atomic E-state index is 14.0. The maximum Gasteiger partial charge on any atom is 0.126 e. The van der Waals surface area contributed by atoms with Gasteiger partial charge in [-0.3, -0.25) is 0 Å². The van der Waals surface area contributed by atoms with E-state index >= 15 is 0 Å². The minimum absolute atomic E-state index is 0.198. The molecule has 1 nitrogen and oxygen atoms in total. The summed E-state index contributed by atoms with van der Waals surface area (Å²) in [5.74, 6) is 0.00584. The molecule has 0 fully saturated rings. The Morgan fingerprint density at radius 2 is 2.05 bits per heavy atom. The predicted octanol–water partition coefficient (Wildman–Crippen LogP) is 5.18. The van der Waals surface area contributed by atoms with Crippen LogP contribution in [0.4, 0.5) is 4.39 Å². The molecule has 21 heavy (non-hydrogen) atoms. The molecular formula is C17H18BrClFN. The molecule has 0 bridgehead atoms. The van der Waals surface area contributed by atoms with Gasteiger partial charge in [-0.2, -0.15) is 0 Å². The zero-order chi connectivity index (χ0) is 15.2. The maximum absolute atomic E-state index is 14.0. The molecule has 2 rings (SSSR count). The summed E-state index contributed by atoms with van der Waals surface area (Å²) in [6.07, 6.45) is 0.621. The third-order valence-corrected chi connectivity index (χ3v) is 4.16. The second kappa shape index (κ2) is 7.92. The lowest BCUT2D eigenvalue weighted by Gasteiger charge is -2.19. The Bertz CT molecular complexity index is 603. The third kappa shape index (κ3) is 4.80. The number of nitrogens with one attached hydrogen (secondary N) is 1. The van der Waals surface area contributed by atoms with Gasteiger partial charge in [0.1, 0.15) is 5.82 Å². The van der Waals surface area contributed by atoms with Gasteiger partial charge in [-0.25, -0.2) is 4.39 Å². The fourth-order valence-corrected chi connectivity index (χ4v) is 2.96. The summed E-state index contributed by atoms with van der Waals surface area (Å²) in [6, 6.07) is 12.9. The van der Waals surface area contributed by atoms with Gasteiger partial charge in [0.05, 0.1) is 0 Å². The van der Waals surface area contributed by atoms with Crippen molar-refractivity contribution in [2.45, 2.75) is 19.3 Å². The second-order valence-electron chi connectivity index (χ2n) is 5.00. The van der Waals surface area contributed by atoms with Crippen LogP contribution in [-0.2, 0) is 6.42 Å². The van der Waals surface area contributed by atoms with Crippen molar-refractivity contribution in [3.8, 4) is 0 Å². The molecule has 0 radical (unpaired) electrons. The van der Waals surface area contributed by atoms with Gasteiger partial charge in [-0.15, -0.1) is 0 Å². The Morgan fingerprint density at radius 3 is 2.76 bits per heavy atom. The normalized spacial score (nSPS) is 12.4. The molecule has 2 aromatic rings. The summed E-state index contributed by atoms with van der Waals surface area (Å²) >= 11 is 9.48. The molecule has 4 heteroatoms. The fraction of sp³-hybridized carbons (Fsp3) is 0.294. The van der Waals surface area contributed by atoms with Crippen molar-refractivity contribution < 1.29 is 4.39 Å². The summed E-state index contributed by atoms with van der Waals surface area (Å²) in [4.78, 5) is 0. The van der Waals surface area contributed by atoms with Crippen molar-refractivity contribution in [2.24, 2.45) is 0 Å². The largest absolute Gasteiger partial charge is 0.316 e. The number of benzene rings is 2. The van der Waals surface area contributed by atoms with E-state index in [1.807, 2.05) is 12.1 Å². The minimum Gasteiger partial charge on any atom is -0.316 e. The van der Waals surface area contributed by atoms with E-state index in [0.717, 1.165) is 17.6 Å². The van der Waals surface area contributed by atoms with E-state index in [1.165, 1.54) is 11.6 Å². The molecule has 1 unspecified atom stereocenters. The van der Waals surface area contributed by atoms with Crippen LogP contribution in [0.2, 0.25) is 5.02 Å². The quantitative estimate of drug-likeness (QED) is 0.739. The highest BCUT2D eigenvalue weighted by Crippen LogP contribution is 2.26.